The highest BCUT2D eigenvalue weighted by atomic mass is 32.2. The van der Waals surface area contributed by atoms with E-state index in [0.29, 0.717) is 23.6 Å². The van der Waals surface area contributed by atoms with Crippen molar-refractivity contribution in [1.29, 1.82) is 0 Å². The minimum absolute atomic E-state index is 0.0946. The third kappa shape index (κ3) is 6.01. The zero-order valence-electron chi connectivity index (χ0n) is 15.7. The van der Waals surface area contributed by atoms with Crippen LogP contribution in [0.1, 0.15) is 47.1 Å². The van der Waals surface area contributed by atoms with Crippen LogP contribution in [0.15, 0.2) is 53.4 Å². The summed E-state index contributed by atoms with van der Waals surface area (Å²) >= 11 is 0. The van der Waals surface area contributed by atoms with Gasteiger partial charge in [-0.25, -0.2) is 13.1 Å². The van der Waals surface area contributed by atoms with E-state index in [-0.39, 0.29) is 23.1 Å². The number of nitrogens with one attached hydrogen (secondary N) is 2. The van der Waals surface area contributed by atoms with Crippen LogP contribution in [0.25, 0.3) is 0 Å². The number of sulfonamides is 1. The molecule has 0 bridgehead atoms. The molecule has 0 saturated heterocycles. The average Bonchev–Trinajstić information content (AvgIpc) is 2.65. The van der Waals surface area contributed by atoms with Crippen LogP contribution in [0.2, 0.25) is 0 Å². The second kappa shape index (κ2) is 8.92. The van der Waals surface area contributed by atoms with Crippen molar-refractivity contribution in [1.82, 2.24) is 10.0 Å². The second-order valence-corrected chi connectivity index (χ2v) is 8.47. The largest absolute Gasteiger partial charge is 0.352 e. The molecular weight excluding hydrogens is 364 g/mol. The van der Waals surface area contributed by atoms with E-state index in [0.717, 1.165) is 5.56 Å². The molecule has 1 amide bonds. The Kier molecular flexibility index (Phi) is 6.87. The van der Waals surface area contributed by atoms with Crippen molar-refractivity contribution in [2.24, 2.45) is 5.92 Å². The predicted molar refractivity (Wildman–Crippen MR) is 104 cm³/mol. The number of amides is 1. The molecule has 2 N–H and O–H groups in total. The summed E-state index contributed by atoms with van der Waals surface area (Å²) in [5.41, 5.74) is 1.72. The third-order valence-electron chi connectivity index (χ3n) is 3.92. The van der Waals surface area contributed by atoms with Gasteiger partial charge in [-0.15, -0.1) is 0 Å². The van der Waals surface area contributed by atoms with Gasteiger partial charge < -0.3 is 5.32 Å². The molecule has 27 heavy (non-hydrogen) atoms. The van der Waals surface area contributed by atoms with Gasteiger partial charge in [-0.3, -0.25) is 9.59 Å². The molecule has 0 saturated carbocycles. The van der Waals surface area contributed by atoms with Gasteiger partial charge in [-0.05, 0) is 42.7 Å². The highest BCUT2D eigenvalue weighted by molar-refractivity contribution is 7.89. The van der Waals surface area contributed by atoms with Gasteiger partial charge in [0.05, 0.1) is 4.90 Å². The molecule has 0 aliphatic heterocycles. The summed E-state index contributed by atoms with van der Waals surface area (Å²) in [5.74, 6) is 0.0953. The summed E-state index contributed by atoms with van der Waals surface area (Å²) in [6, 6.07) is 12.5. The number of carbonyl (C=O) groups is 2. The molecule has 0 aliphatic rings. The lowest BCUT2D eigenvalue weighted by molar-refractivity contribution is 0.0948. The van der Waals surface area contributed by atoms with Crippen LogP contribution in [0.4, 0.5) is 0 Å². The average molecular weight is 388 g/mol. The lowest BCUT2D eigenvalue weighted by Crippen LogP contribution is -2.27. The molecule has 0 heterocycles. The van der Waals surface area contributed by atoms with Crippen LogP contribution in [-0.4, -0.2) is 26.7 Å². The summed E-state index contributed by atoms with van der Waals surface area (Å²) in [5, 5.41) is 2.83. The summed E-state index contributed by atoms with van der Waals surface area (Å²) in [4.78, 5) is 23.4. The Bertz CT molecular complexity index is 902. The van der Waals surface area contributed by atoms with Gasteiger partial charge in [-0.2, -0.15) is 0 Å². The first-order valence-corrected chi connectivity index (χ1v) is 10.1. The van der Waals surface area contributed by atoms with Crippen LogP contribution in [0.5, 0.6) is 0 Å². The summed E-state index contributed by atoms with van der Waals surface area (Å²) < 4.78 is 27.2. The van der Waals surface area contributed by atoms with Gasteiger partial charge in [0.2, 0.25) is 10.0 Å². The number of rotatable bonds is 8. The molecule has 2 aromatic carbocycles. The summed E-state index contributed by atoms with van der Waals surface area (Å²) in [6.45, 7) is 6.16. The highest BCUT2D eigenvalue weighted by Gasteiger charge is 2.14. The summed E-state index contributed by atoms with van der Waals surface area (Å²) in [7, 11) is -3.69. The minimum atomic E-state index is -3.69. The number of hydrogen-bond acceptors (Lipinski definition) is 4. The molecule has 0 atom stereocenters. The molecule has 0 spiro atoms. The normalized spacial score (nSPS) is 11.4. The molecule has 0 aromatic heterocycles. The van der Waals surface area contributed by atoms with E-state index < -0.39 is 10.0 Å². The Morgan fingerprint density at radius 2 is 1.48 bits per heavy atom. The number of benzene rings is 2. The molecule has 2 rings (SSSR count). The van der Waals surface area contributed by atoms with Crippen LogP contribution in [0, 0.1) is 5.92 Å². The number of carbonyl (C=O) groups excluding carboxylic acids is 2. The first-order valence-electron chi connectivity index (χ1n) is 8.67. The number of ketones is 1. The zero-order chi connectivity index (χ0) is 20.0. The Morgan fingerprint density at radius 3 is 2.00 bits per heavy atom. The maximum atomic E-state index is 12.4. The Balaban J connectivity index is 1.99. The third-order valence-corrected chi connectivity index (χ3v) is 5.34. The second-order valence-electron chi connectivity index (χ2n) is 6.71. The molecule has 2 aromatic rings. The van der Waals surface area contributed by atoms with E-state index in [4.69, 9.17) is 0 Å². The van der Waals surface area contributed by atoms with Crippen molar-refractivity contribution >= 4 is 21.7 Å². The fourth-order valence-electron chi connectivity index (χ4n) is 2.30. The first-order chi connectivity index (χ1) is 12.7. The van der Waals surface area contributed by atoms with Gasteiger partial charge in [-0.1, -0.05) is 38.1 Å². The molecule has 0 unspecified atom stereocenters. The maximum absolute atomic E-state index is 12.4. The lowest BCUT2D eigenvalue weighted by atomic mass is 10.1. The topological polar surface area (TPSA) is 92.3 Å². The molecule has 144 valence electrons. The smallest absolute Gasteiger partial charge is 0.251 e. The van der Waals surface area contributed by atoms with Crippen LogP contribution >= 0.6 is 0 Å². The predicted octanol–water partition coefficient (Wildman–Crippen LogP) is 2.75. The molecule has 7 heteroatoms. The lowest BCUT2D eigenvalue weighted by Gasteiger charge is -2.09. The van der Waals surface area contributed by atoms with Gasteiger partial charge in [0.25, 0.3) is 5.91 Å². The van der Waals surface area contributed by atoms with E-state index in [9.17, 15) is 18.0 Å². The van der Waals surface area contributed by atoms with E-state index in [2.05, 4.69) is 10.0 Å². The van der Waals surface area contributed by atoms with Crippen LogP contribution in [-0.2, 0) is 16.6 Å². The van der Waals surface area contributed by atoms with Crippen molar-refractivity contribution in [3.8, 4) is 0 Å². The maximum Gasteiger partial charge on any atom is 0.251 e. The van der Waals surface area contributed by atoms with E-state index >= 15 is 0 Å². The Morgan fingerprint density at radius 1 is 0.926 bits per heavy atom. The molecule has 6 nitrogen and oxygen atoms in total. The fraction of sp³-hybridized carbons (Fsp3) is 0.300. The van der Waals surface area contributed by atoms with E-state index in [1.54, 1.807) is 24.3 Å². The Labute approximate surface area is 160 Å². The minimum Gasteiger partial charge on any atom is -0.352 e. The van der Waals surface area contributed by atoms with Crippen molar-refractivity contribution in [2.75, 3.05) is 6.54 Å². The Hall–Kier alpha value is -2.51. The molecule has 0 fully saturated rings. The SMILES string of the molecule is CC(=O)c1ccc(S(=O)(=O)NCc2ccc(C(=O)NCC(C)C)cc2)cc1. The van der Waals surface area contributed by atoms with E-state index in [1.807, 2.05) is 13.8 Å². The van der Waals surface area contributed by atoms with Crippen molar-refractivity contribution in [3.63, 3.8) is 0 Å². The number of hydrogen-bond donors (Lipinski definition) is 2. The van der Waals surface area contributed by atoms with Gasteiger partial charge in [0.1, 0.15) is 0 Å². The molecule has 0 radical (unpaired) electrons. The van der Waals surface area contributed by atoms with Gasteiger partial charge in [0.15, 0.2) is 5.78 Å². The van der Waals surface area contributed by atoms with Crippen molar-refractivity contribution in [3.05, 3.63) is 65.2 Å². The highest BCUT2D eigenvalue weighted by Crippen LogP contribution is 2.12. The standard InChI is InChI=1S/C20H24N2O4S/c1-14(2)12-21-20(24)18-6-4-16(5-7-18)13-22-27(25,26)19-10-8-17(9-11-19)15(3)23/h4-11,14,22H,12-13H2,1-3H3,(H,21,24). The summed E-state index contributed by atoms with van der Waals surface area (Å²) in [6.07, 6.45) is 0. The number of Topliss-reactive ketones (excluding diaryl/α,β-unsaturated/α-hetero) is 1. The van der Waals surface area contributed by atoms with E-state index in [1.165, 1.54) is 31.2 Å². The van der Waals surface area contributed by atoms with Crippen molar-refractivity contribution in [2.45, 2.75) is 32.2 Å². The van der Waals surface area contributed by atoms with Crippen molar-refractivity contribution < 1.29 is 18.0 Å². The zero-order valence-corrected chi connectivity index (χ0v) is 16.5. The fourth-order valence-corrected chi connectivity index (χ4v) is 3.32. The molecule has 0 aliphatic carbocycles. The van der Waals surface area contributed by atoms with Crippen LogP contribution in [0.3, 0.4) is 0 Å². The van der Waals surface area contributed by atoms with Gasteiger partial charge >= 0.3 is 0 Å². The molecular formula is C20H24N2O4S. The monoisotopic (exact) mass is 388 g/mol. The van der Waals surface area contributed by atoms with Gasteiger partial charge in [0, 0.05) is 24.2 Å². The first kappa shape index (κ1) is 20.8. The van der Waals surface area contributed by atoms with Crippen LogP contribution < -0.4 is 10.0 Å². The quantitative estimate of drug-likeness (QED) is 0.680.